The molecule has 14 heteroatoms. The van der Waals surface area contributed by atoms with Gasteiger partial charge in [-0.2, -0.15) is 0 Å². The van der Waals surface area contributed by atoms with E-state index in [0.717, 1.165) is 5.56 Å². The Balaban J connectivity index is 1.62. The molecule has 0 aromatic heterocycles. The molecular formula is C45H60N4O10. The molecule has 4 rings (SSSR count). The van der Waals surface area contributed by atoms with E-state index in [0.29, 0.717) is 29.7 Å². The van der Waals surface area contributed by atoms with Gasteiger partial charge >= 0.3 is 11.9 Å². The van der Waals surface area contributed by atoms with Crippen LogP contribution in [-0.2, 0) is 52.7 Å². The lowest BCUT2D eigenvalue weighted by Gasteiger charge is -2.36. The van der Waals surface area contributed by atoms with E-state index in [4.69, 9.17) is 14.2 Å². The first-order chi connectivity index (χ1) is 27.8. The topological polar surface area (TPSA) is 175 Å². The van der Waals surface area contributed by atoms with E-state index in [1.807, 2.05) is 38.1 Å². The van der Waals surface area contributed by atoms with Crippen LogP contribution in [0.3, 0.4) is 0 Å². The van der Waals surface area contributed by atoms with Gasteiger partial charge in [-0.05, 0) is 85.9 Å². The summed E-state index contributed by atoms with van der Waals surface area (Å²) >= 11 is 0. The minimum Gasteiger partial charge on any atom is -0.508 e. The van der Waals surface area contributed by atoms with Crippen LogP contribution in [0.15, 0.2) is 72.8 Å². The smallest absolute Gasteiger partial charge is 0.328 e. The third-order valence-corrected chi connectivity index (χ3v) is 11.7. The van der Waals surface area contributed by atoms with E-state index in [9.17, 15) is 34.2 Å². The second kappa shape index (κ2) is 19.4. The third-order valence-electron chi connectivity index (χ3n) is 11.7. The van der Waals surface area contributed by atoms with Gasteiger partial charge in [-0.1, -0.05) is 64.1 Å². The van der Waals surface area contributed by atoms with Crippen molar-refractivity contribution in [3.8, 4) is 17.2 Å². The van der Waals surface area contributed by atoms with Gasteiger partial charge in [0.05, 0.1) is 14.2 Å². The van der Waals surface area contributed by atoms with Crippen molar-refractivity contribution in [1.29, 1.82) is 0 Å². The molecular weight excluding hydrogens is 757 g/mol. The number of ether oxygens (including phenoxy) is 3. The quantitative estimate of drug-likeness (QED) is 0.149. The minimum atomic E-state index is -1.54. The first kappa shape index (κ1) is 46.1. The van der Waals surface area contributed by atoms with Gasteiger partial charge in [0.1, 0.15) is 41.4 Å². The number of aromatic hydroxyl groups is 2. The molecule has 0 spiro atoms. The first-order valence-electron chi connectivity index (χ1n) is 19.8. The number of carbonyl (C=O) groups excluding carboxylic acids is 5. The number of rotatable bonds is 19. The van der Waals surface area contributed by atoms with E-state index in [1.54, 1.807) is 64.2 Å². The molecule has 0 saturated heterocycles. The highest BCUT2D eigenvalue weighted by Gasteiger charge is 2.72. The number of amides is 3. The normalized spacial score (nSPS) is 19.2. The molecule has 320 valence electrons. The van der Waals surface area contributed by atoms with Gasteiger partial charge in [0.2, 0.25) is 11.8 Å². The fourth-order valence-corrected chi connectivity index (χ4v) is 7.33. The number of benzene rings is 3. The summed E-state index contributed by atoms with van der Waals surface area (Å²) in [7, 11) is 9.27. The second-order valence-corrected chi connectivity index (χ2v) is 16.3. The van der Waals surface area contributed by atoms with Crippen LogP contribution in [-0.4, -0.2) is 127 Å². The van der Waals surface area contributed by atoms with Gasteiger partial charge in [-0.15, -0.1) is 0 Å². The number of phenolic OH excluding ortho intramolecular Hbond substituents is 2. The number of hydrogen-bond donors (Lipinski definition) is 3. The van der Waals surface area contributed by atoms with Crippen LogP contribution in [0.2, 0.25) is 0 Å². The van der Waals surface area contributed by atoms with Gasteiger partial charge in [0.15, 0.2) is 5.60 Å². The Morgan fingerprint density at radius 2 is 1.15 bits per heavy atom. The van der Waals surface area contributed by atoms with Gasteiger partial charge in [0, 0.05) is 38.8 Å². The Morgan fingerprint density at radius 1 is 0.695 bits per heavy atom. The molecule has 0 heterocycles. The van der Waals surface area contributed by atoms with E-state index in [2.05, 4.69) is 5.32 Å². The SMILES string of the molecule is CC[C@@]1(C)C[C@@]1(OC(=O)[C@H](Cc1ccc(OC)cc1)N(C)C)C(=O)N[C@@H](C(=O)N(C)[C@H](Cc1ccc(O)cc1)C(=O)N(C)[C@@H](Cc1ccc(O)cc1)C(=O)OC)C(C)C. The molecule has 1 aliphatic rings. The van der Waals surface area contributed by atoms with Crippen molar-refractivity contribution in [1.82, 2.24) is 20.0 Å². The minimum absolute atomic E-state index is 0.00708. The van der Waals surface area contributed by atoms with Crippen LogP contribution in [0.4, 0.5) is 0 Å². The summed E-state index contributed by atoms with van der Waals surface area (Å²) in [6, 6.07) is 15.7. The lowest BCUT2D eigenvalue weighted by molar-refractivity contribution is -0.166. The highest BCUT2D eigenvalue weighted by atomic mass is 16.6. The maximum absolute atomic E-state index is 14.6. The summed E-state index contributed by atoms with van der Waals surface area (Å²) in [5.74, 6) is -2.71. The number of nitrogens with one attached hydrogen (secondary N) is 1. The zero-order valence-corrected chi connectivity index (χ0v) is 35.9. The van der Waals surface area contributed by atoms with Crippen LogP contribution in [0.25, 0.3) is 0 Å². The highest BCUT2D eigenvalue weighted by molar-refractivity contribution is 5.98. The molecule has 3 N–H and O–H groups in total. The standard InChI is InChI=1S/C45H60N4O10/c1-11-44(4)27-45(44,59-42(55)36(47(5)6)25-31-16-22-34(57-9)23-17-31)43(56)46-38(28(2)3)40(53)48(7)35(24-29-12-18-32(50)19-13-29)39(52)49(8)37(41(54)58-10)26-30-14-20-33(51)21-15-30/h12-23,28,35-38,50-51H,11,24-27H2,1-10H3,(H,46,56)/t35-,36+,37+,38-,44+,45-/m1/s1. The molecule has 0 aliphatic heterocycles. The molecule has 0 bridgehead atoms. The Hall–Kier alpha value is -5.63. The summed E-state index contributed by atoms with van der Waals surface area (Å²) in [4.78, 5) is 75.0. The predicted octanol–water partition coefficient (Wildman–Crippen LogP) is 4.13. The summed E-state index contributed by atoms with van der Waals surface area (Å²) < 4.78 is 16.6. The fraction of sp³-hybridized carbons (Fsp3) is 0.489. The Bertz CT molecular complexity index is 1940. The number of methoxy groups -OCH3 is 2. The van der Waals surface area contributed by atoms with Gasteiger partial charge in [0.25, 0.3) is 5.91 Å². The van der Waals surface area contributed by atoms with E-state index in [1.165, 1.54) is 55.3 Å². The third kappa shape index (κ3) is 10.7. The van der Waals surface area contributed by atoms with E-state index >= 15 is 0 Å². The van der Waals surface area contributed by atoms with Crippen molar-refractivity contribution < 1.29 is 48.4 Å². The number of esters is 2. The maximum atomic E-state index is 14.6. The number of likely N-dealkylation sites (N-methyl/N-ethyl adjacent to an activating group) is 3. The van der Waals surface area contributed by atoms with Gasteiger partial charge in [-0.3, -0.25) is 24.1 Å². The second-order valence-electron chi connectivity index (χ2n) is 16.3. The van der Waals surface area contributed by atoms with E-state index < -0.39 is 70.8 Å². The fourth-order valence-electron chi connectivity index (χ4n) is 7.33. The molecule has 1 fully saturated rings. The molecule has 0 unspecified atom stereocenters. The molecule has 1 aliphatic carbocycles. The number of phenols is 2. The Labute approximate surface area is 347 Å². The summed E-state index contributed by atoms with van der Waals surface area (Å²) in [5.41, 5.74) is -0.0716. The number of carbonyl (C=O) groups is 5. The molecule has 3 aromatic carbocycles. The monoisotopic (exact) mass is 816 g/mol. The Morgan fingerprint density at radius 3 is 1.58 bits per heavy atom. The van der Waals surface area contributed by atoms with Crippen LogP contribution < -0.4 is 10.1 Å². The van der Waals surface area contributed by atoms with Crippen LogP contribution in [0.5, 0.6) is 17.2 Å². The first-order valence-corrected chi connectivity index (χ1v) is 19.8. The molecule has 3 amide bonds. The average molecular weight is 817 g/mol. The van der Waals surface area contributed by atoms with Crippen molar-refractivity contribution in [2.24, 2.45) is 11.3 Å². The average Bonchev–Trinajstić information content (AvgIpc) is 3.83. The van der Waals surface area contributed by atoms with Crippen molar-refractivity contribution in [2.75, 3.05) is 42.4 Å². The number of nitrogens with zero attached hydrogens (tertiary/aromatic N) is 3. The van der Waals surface area contributed by atoms with Crippen LogP contribution >= 0.6 is 0 Å². The van der Waals surface area contributed by atoms with Gasteiger partial charge < -0.3 is 39.5 Å². The zero-order chi connectivity index (χ0) is 43.8. The lowest BCUT2D eigenvalue weighted by atomic mass is 9.96. The van der Waals surface area contributed by atoms with Crippen molar-refractivity contribution >= 4 is 29.7 Å². The number of hydrogen-bond acceptors (Lipinski definition) is 11. The van der Waals surface area contributed by atoms with Crippen molar-refractivity contribution in [3.05, 3.63) is 89.5 Å². The molecule has 3 aromatic rings. The van der Waals surface area contributed by atoms with Crippen LogP contribution in [0, 0.1) is 11.3 Å². The van der Waals surface area contributed by atoms with Crippen molar-refractivity contribution in [3.63, 3.8) is 0 Å². The predicted molar refractivity (Wildman–Crippen MR) is 222 cm³/mol. The molecule has 14 nitrogen and oxygen atoms in total. The highest BCUT2D eigenvalue weighted by Crippen LogP contribution is 2.61. The largest absolute Gasteiger partial charge is 0.508 e. The molecule has 6 atom stereocenters. The lowest BCUT2D eigenvalue weighted by Crippen LogP contribution is -2.60. The van der Waals surface area contributed by atoms with E-state index in [-0.39, 0.29) is 30.8 Å². The molecule has 59 heavy (non-hydrogen) atoms. The van der Waals surface area contributed by atoms with Gasteiger partial charge in [-0.25, -0.2) is 4.79 Å². The maximum Gasteiger partial charge on any atom is 0.328 e. The Kier molecular flexibility index (Phi) is 15.2. The molecule has 1 saturated carbocycles. The summed E-state index contributed by atoms with van der Waals surface area (Å²) in [6.45, 7) is 7.34. The molecule has 0 radical (unpaired) electrons. The van der Waals surface area contributed by atoms with Crippen molar-refractivity contribution in [2.45, 2.75) is 89.6 Å². The summed E-state index contributed by atoms with van der Waals surface area (Å²) in [5, 5.41) is 22.7. The van der Waals surface area contributed by atoms with Crippen LogP contribution in [0.1, 0.15) is 57.2 Å². The zero-order valence-electron chi connectivity index (χ0n) is 35.9. The summed E-state index contributed by atoms with van der Waals surface area (Å²) in [6.07, 6.45) is 1.18.